The number of hydrogen-bond acceptors (Lipinski definition) is 2. The Morgan fingerprint density at radius 3 is 1.59 bits per heavy atom. The predicted octanol–water partition coefficient (Wildman–Crippen LogP) is 3.13. The van der Waals surface area contributed by atoms with Gasteiger partial charge >= 0.3 is 0 Å². The second-order valence-electron chi connectivity index (χ2n) is 4.44. The van der Waals surface area contributed by atoms with Crippen molar-refractivity contribution >= 4 is 0 Å². The van der Waals surface area contributed by atoms with Crippen LogP contribution in [0.3, 0.4) is 0 Å². The van der Waals surface area contributed by atoms with Crippen LogP contribution in [0.4, 0.5) is 0 Å². The van der Waals surface area contributed by atoms with E-state index in [1.165, 1.54) is 5.06 Å². The van der Waals surface area contributed by atoms with Crippen molar-refractivity contribution in [2.45, 2.75) is 12.0 Å². The highest BCUT2D eigenvalue weighted by molar-refractivity contribution is 5.41. The lowest BCUT2D eigenvalue weighted by Crippen LogP contribution is -2.54. The number of benzene rings is 2. The largest absolute Gasteiger partial charge is 0.784 e. The molecule has 0 N–H and O–H groups in total. The third kappa shape index (κ3) is 1.49. The summed E-state index contributed by atoms with van der Waals surface area (Å²) in [6.07, 6.45) is 0.893. The maximum atomic E-state index is 12.1. The molecule has 2 aromatic carbocycles. The normalized spacial score (nSPS) is 18.6. The Hall–Kier alpha value is -1.64. The van der Waals surface area contributed by atoms with Crippen molar-refractivity contribution < 1.29 is 0 Å². The van der Waals surface area contributed by atoms with Gasteiger partial charge in [-0.2, -0.15) is 0 Å². The Morgan fingerprint density at radius 1 is 0.824 bits per heavy atom. The molecule has 2 heteroatoms. The first-order chi connectivity index (χ1) is 8.34. The fourth-order valence-corrected chi connectivity index (χ4v) is 2.60. The monoisotopic (exact) mass is 224 g/mol. The summed E-state index contributed by atoms with van der Waals surface area (Å²) in [6, 6.07) is 20.1. The first-order valence-electron chi connectivity index (χ1n) is 5.90. The maximum Gasteiger partial charge on any atom is 0.0614 e. The van der Waals surface area contributed by atoms with E-state index < -0.39 is 5.54 Å². The second-order valence-corrected chi connectivity index (χ2v) is 4.44. The molecule has 0 aromatic heterocycles. The summed E-state index contributed by atoms with van der Waals surface area (Å²) in [5.74, 6) is 0. The molecule has 1 fully saturated rings. The van der Waals surface area contributed by atoms with Gasteiger partial charge in [-0.15, -0.1) is 0 Å². The lowest BCUT2D eigenvalue weighted by molar-refractivity contribution is 0.0699. The van der Waals surface area contributed by atoms with Crippen LogP contribution in [0.15, 0.2) is 60.7 Å². The average Bonchev–Trinajstić information content (AvgIpc) is 2.40. The Balaban J connectivity index is 2.12. The Kier molecular flexibility index (Phi) is 2.46. The zero-order valence-electron chi connectivity index (χ0n) is 9.54. The van der Waals surface area contributed by atoms with Gasteiger partial charge in [-0.1, -0.05) is 60.7 Å². The lowest BCUT2D eigenvalue weighted by atomic mass is 9.75. The minimum atomic E-state index is -0.456. The van der Waals surface area contributed by atoms with Gasteiger partial charge in [0.2, 0.25) is 0 Å². The summed E-state index contributed by atoms with van der Waals surface area (Å²) in [5, 5.41) is 13.3. The van der Waals surface area contributed by atoms with Gasteiger partial charge in [-0.25, -0.2) is 0 Å². The number of hydroxylamine groups is 2. The Bertz CT molecular complexity index is 455. The summed E-state index contributed by atoms with van der Waals surface area (Å²) >= 11 is 0. The molecule has 0 saturated carbocycles. The maximum absolute atomic E-state index is 12.1. The molecule has 0 unspecified atom stereocenters. The number of hydrogen-bond donors (Lipinski definition) is 0. The van der Waals surface area contributed by atoms with Crippen molar-refractivity contribution in [3.05, 3.63) is 77.0 Å². The van der Waals surface area contributed by atoms with Gasteiger partial charge < -0.3 is 10.3 Å². The zero-order valence-corrected chi connectivity index (χ0v) is 9.54. The summed E-state index contributed by atoms with van der Waals surface area (Å²) in [6.45, 7) is 0.615. The van der Waals surface area contributed by atoms with Crippen LogP contribution in [-0.4, -0.2) is 11.6 Å². The van der Waals surface area contributed by atoms with Crippen molar-refractivity contribution in [1.82, 2.24) is 5.06 Å². The van der Waals surface area contributed by atoms with Crippen LogP contribution in [0.1, 0.15) is 17.5 Å². The highest BCUT2D eigenvalue weighted by Gasteiger charge is 2.41. The van der Waals surface area contributed by atoms with E-state index >= 15 is 0 Å². The van der Waals surface area contributed by atoms with Crippen molar-refractivity contribution in [2.24, 2.45) is 0 Å². The molecule has 1 heterocycles. The van der Waals surface area contributed by atoms with Crippen LogP contribution < -0.4 is 0 Å². The summed E-state index contributed by atoms with van der Waals surface area (Å²) in [5.41, 5.74) is 1.72. The topological polar surface area (TPSA) is 26.3 Å². The molecule has 0 radical (unpaired) electrons. The van der Waals surface area contributed by atoms with E-state index in [1.54, 1.807) is 0 Å². The van der Waals surface area contributed by atoms with Crippen LogP contribution in [-0.2, 0) is 5.54 Å². The van der Waals surface area contributed by atoms with Gasteiger partial charge in [0.25, 0.3) is 0 Å². The summed E-state index contributed by atoms with van der Waals surface area (Å²) in [7, 11) is 0. The molecule has 0 amide bonds. The summed E-state index contributed by atoms with van der Waals surface area (Å²) in [4.78, 5) is 0. The van der Waals surface area contributed by atoms with Gasteiger partial charge in [-0.05, 0) is 24.1 Å². The minimum absolute atomic E-state index is 0.456. The molecule has 3 rings (SSSR count). The van der Waals surface area contributed by atoms with Crippen LogP contribution in [0.25, 0.3) is 0 Å². The Labute approximate surface area is 101 Å². The van der Waals surface area contributed by atoms with Crippen molar-refractivity contribution in [2.75, 3.05) is 6.54 Å². The molecule has 2 nitrogen and oxygen atoms in total. The van der Waals surface area contributed by atoms with Crippen LogP contribution in [0.5, 0.6) is 0 Å². The van der Waals surface area contributed by atoms with Crippen molar-refractivity contribution in [3.63, 3.8) is 0 Å². The molecule has 1 saturated heterocycles. The van der Waals surface area contributed by atoms with Gasteiger partial charge in [0, 0.05) is 0 Å². The molecular formula is C15H14NO-. The quantitative estimate of drug-likeness (QED) is 0.783. The SMILES string of the molecule is [O-]N1CCC1(c1ccccc1)c1ccccc1. The molecular weight excluding hydrogens is 210 g/mol. The van der Waals surface area contributed by atoms with Gasteiger partial charge in [0.1, 0.15) is 0 Å². The van der Waals surface area contributed by atoms with E-state index in [9.17, 15) is 5.21 Å². The molecule has 2 aromatic rings. The van der Waals surface area contributed by atoms with Gasteiger partial charge in [0.15, 0.2) is 0 Å². The molecule has 0 spiro atoms. The Morgan fingerprint density at radius 2 is 1.29 bits per heavy atom. The van der Waals surface area contributed by atoms with E-state index in [1.807, 2.05) is 60.7 Å². The molecule has 1 aliphatic rings. The zero-order chi connectivity index (χ0) is 11.7. The number of nitrogens with zero attached hydrogens (tertiary/aromatic N) is 1. The van der Waals surface area contributed by atoms with Crippen molar-refractivity contribution in [3.8, 4) is 0 Å². The second kappa shape index (κ2) is 3.99. The number of rotatable bonds is 2. The van der Waals surface area contributed by atoms with E-state index in [2.05, 4.69) is 0 Å². The average molecular weight is 224 g/mol. The predicted molar refractivity (Wildman–Crippen MR) is 68.4 cm³/mol. The first-order valence-corrected chi connectivity index (χ1v) is 5.90. The van der Waals surface area contributed by atoms with E-state index in [-0.39, 0.29) is 0 Å². The third-order valence-electron chi connectivity index (χ3n) is 3.61. The third-order valence-corrected chi connectivity index (χ3v) is 3.61. The van der Waals surface area contributed by atoms with E-state index in [0.29, 0.717) is 6.54 Å². The standard InChI is InChI=1S/C15H14NO/c17-16-12-11-15(16,13-7-3-1-4-8-13)14-9-5-2-6-10-14/h1-10H,11-12H2/q-1. The fourth-order valence-electron chi connectivity index (χ4n) is 2.60. The molecule has 86 valence electrons. The van der Waals surface area contributed by atoms with Gasteiger partial charge in [0.05, 0.1) is 5.54 Å². The smallest absolute Gasteiger partial charge is 0.0614 e. The first kappa shape index (κ1) is 10.5. The molecule has 0 bridgehead atoms. The van der Waals surface area contributed by atoms with Crippen LogP contribution >= 0.6 is 0 Å². The minimum Gasteiger partial charge on any atom is -0.784 e. The highest BCUT2D eigenvalue weighted by Crippen LogP contribution is 2.45. The molecule has 17 heavy (non-hydrogen) atoms. The lowest BCUT2D eigenvalue weighted by Gasteiger charge is -2.58. The summed E-state index contributed by atoms with van der Waals surface area (Å²) < 4.78 is 0. The van der Waals surface area contributed by atoms with Crippen molar-refractivity contribution in [1.29, 1.82) is 0 Å². The fraction of sp³-hybridized carbons (Fsp3) is 0.200. The van der Waals surface area contributed by atoms with E-state index in [0.717, 1.165) is 17.5 Å². The molecule has 1 aliphatic heterocycles. The highest BCUT2D eigenvalue weighted by atomic mass is 16.5. The molecule has 0 aliphatic carbocycles. The van der Waals surface area contributed by atoms with Crippen LogP contribution in [0, 0.1) is 5.21 Å². The van der Waals surface area contributed by atoms with Gasteiger partial charge in [-0.3, -0.25) is 0 Å². The van der Waals surface area contributed by atoms with E-state index in [4.69, 9.17) is 0 Å². The van der Waals surface area contributed by atoms with Crippen LogP contribution in [0.2, 0.25) is 0 Å². The molecule has 0 atom stereocenters.